The first-order chi connectivity index (χ1) is 23.4. The number of alkyl carbamates (subject to hydrolysis) is 1. The predicted octanol–water partition coefficient (Wildman–Crippen LogP) is 4.91. The van der Waals surface area contributed by atoms with E-state index in [9.17, 15) is 14.4 Å². The Bertz CT molecular complexity index is 1480. The predicted molar refractivity (Wildman–Crippen MR) is 200 cm³/mol. The van der Waals surface area contributed by atoms with Crippen molar-refractivity contribution in [1.29, 1.82) is 0 Å². The van der Waals surface area contributed by atoms with Crippen LogP contribution in [-0.2, 0) is 28.9 Å². The zero-order valence-electron chi connectivity index (χ0n) is 29.1. The maximum Gasteiger partial charge on any atom is 0.407 e. The van der Waals surface area contributed by atoms with Gasteiger partial charge in [-0.1, -0.05) is 74.5 Å². The second kappa shape index (κ2) is 20.4. The van der Waals surface area contributed by atoms with Crippen molar-refractivity contribution in [2.75, 3.05) is 34.3 Å². The monoisotopic (exact) mass is 709 g/mol. The van der Waals surface area contributed by atoms with E-state index in [1.165, 1.54) is 11.1 Å². The molecule has 3 aromatic rings. The summed E-state index contributed by atoms with van der Waals surface area (Å²) in [5.41, 5.74) is 8.39. The molecule has 2 aromatic carbocycles. The average molecular weight is 710 g/mol. The van der Waals surface area contributed by atoms with Crippen molar-refractivity contribution in [2.45, 2.75) is 70.1 Å². The molecule has 266 valence electrons. The Balaban J connectivity index is 1.73. The number of benzene rings is 2. The fourth-order valence-corrected chi connectivity index (χ4v) is 6.03. The Morgan fingerprint density at radius 3 is 2.00 bits per heavy atom. The molecule has 0 aliphatic heterocycles. The third-order valence-electron chi connectivity index (χ3n) is 7.70. The van der Waals surface area contributed by atoms with E-state index in [1.54, 1.807) is 18.4 Å². The molecule has 13 heteroatoms. The number of thiazole rings is 1. The first-order valence-electron chi connectivity index (χ1n) is 16.4. The van der Waals surface area contributed by atoms with Gasteiger partial charge in [-0.15, -0.1) is 24.0 Å². The zero-order chi connectivity index (χ0) is 35.8. The molecular formula is C36H51N7O4S2. The van der Waals surface area contributed by atoms with Crippen LogP contribution in [0.5, 0.6) is 0 Å². The van der Waals surface area contributed by atoms with Crippen LogP contribution in [0.4, 0.5) is 9.59 Å². The van der Waals surface area contributed by atoms with E-state index >= 15 is 0 Å². The number of likely N-dealkylation sites (N-methyl/N-ethyl adjacent to an activating group) is 1. The van der Waals surface area contributed by atoms with Gasteiger partial charge >= 0.3 is 12.1 Å². The third-order valence-corrected chi connectivity index (χ3v) is 9.17. The number of aromatic nitrogens is 1. The van der Waals surface area contributed by atoms with E-state index in [0.29, 0.717) is 49.6 Å². The summed E-state index contributed by atoms with van der Waals surface area (Å²) in [6, 6.07) is 18.1. The second-order valence-electron chi connectivity index (χ2n) is 12.7. The van der Waals surface area contributed by atoms with Gasteiger partial charge in [-0.25, -0.2) is 14.6 Å². The largest absolute Gasteiger partial charge is 0.444 e. The number of ether oxygens (including phenoxy) is 1. The number of thiol groups is 1. The Kier molecular flexibility index (Phi) is 16.4. The minimum atomic E-state index is -0.802. The highest BCUT2D eigenvalue weighted by atomic mass is 32.1. The lowest BCUT2D eigenvalue weighted by Crippen LogP contribution is -2.56. The SMILES string of the molecule is CC(C)c1nc(CN(C)C(=O)NC(CN(C)C)C(=O)N[C@H](CC[C@H](Cc2ccccc2)NC(=O)OC/C(S)=C/N)Cc2ccccc2)cs1. The highest BCUT2D eigenvalue weighted by Gasteiger charge is 2.27. The molecule has 1 heterocycles. The van der Waals surface area contributed by atoms with E-state index in [1.807, 2.05) is 85.0 Å². The molecule has 0 aliphatic rings. The number of carbonyl (C=O) groups is 3. The van der Waals surface area contributed by atoms with Crippen molar-refractivity contribution in [3.05, 3.63) is 99.0 Å². The lowest BCUT2D eigenvalue weighted by Gasteiger charge is -2.28. The topological polar surface area (TPSA) is 142 Å². The lowest BCUT2D eigenvalue weighted by molar-refractivity contribution is -0.124. The van der Waals surface area contributed by atoms with Crippen LogP contribution in [0.15, 0.2) is 77.1 Å². The van der Waals surface area contributed by atoms with Crippen LogP contribution in [0.1, 0.15) is 54.4 Å². The van der Waals surface area contributed by atoms with Gasteiger partial charge in [0.1, 0.15) is 12.6 Å². The molecule has 0 bridgehead atoms. The van der Waals surface area contributed by atoms with Crippen molar-refractivity contribution in [3.63, 3.8) is 0 Å². The van der Waals surface area contributed by atoms with Crippen LogP contribution in [-0.4, -0.2) is 85.2 Å². The molecule has 4 amide bonds. The summed E-state index contributed by atoms with van der Waals surface area (Å²) in [6.45, 7) is 4.78. The van der Waals surface area contributed by atoms with Gasteiger partial charge in [-0.3, -0.25) is 4.79 Å². The first-order valence-corrected chi connectivity index (χ1v) is 17.8. The van der Waals surface area contributed by atoms with Crippen molar-refractivity contribution in [3.8, 4) is 0 Å². The smallest absolute Gasteiger partial charge is 0.407 e. The Morgan fingerprint density at radius 1 is 0.918 bits per heavy atom. The Labute approximate surface area is 300 Å². The van der Waals surface area contributed by atoms with E-state index in [2.05, 4.69) is 47.4 Å². The number of hydrogen-bond donors (Lipinski definition) is 5. The molecule has 49 heavy (non-hydrogen) atoms. The van der Waals surface area contributed by atoms with Crippen LogP contribution < -0.4 is 21.7 Å². The molecule has 0 fully saturated rings. The summed E-state index contributed by atoms with van der Waals surface area (Å²) in [4.78, 5) is 48.4. The van der Waals surface area contributed by atoms with Crippen LogP contribution in [0, 0.1) is 0 Å². The summed E-state index contributed by atoms with van der Waals surface area (Å²) >= 11 is 5.76. The van der Waals surface area contributed by atoms with Gasteiger partial charge in [-0.2, -0.15) is 0 Å². The van der Waals surface area contributed by atoms with E-state index < -0.39 is 12.1 Å². The van der Waals surface area contributed by atoms with Crippen LogP contribution in [0.25, 0.3) is 0 Å². The number of nitrogens with two attached hydrogens (primary N) is 1. The molecule has 5 N–H and O–H groups in total. The molecule has 0 aliphatic carbocycles. The summed E-state index contributed by atoms with van der Waals surface area (Å²) in [5.74, 6) is 0.0297. The maximum atomic E-state index is 13.9. The highest BCUT2D eigenvalue weighted by Crippen LogP contribution is 2.20. The Hall–Kier alpha value is -4.07. The van der Waals surface area contributed by atoms with Gasteiger partial charge in [0.2, 0.25) is 5.91 Å². The minimum absolute atomic E-state index is 0.0346. The van der Waals surface area contributed by atoms with Gasteiger partial charge in [0.05, 0.1) is 17.2 Å². The number of hydrogen-bond acceptors (Lipinski definition) is 9. The van der Waals surface area contributed by atoms with Gasteiger partial charge in [-0.05, 0) is 50.9 Å². The summed E-state index contributed by atoms with van der Waals surface area (Å²) in [7, 11) is 5.42. The average Bonchev–Trinajstić information content (AvgIpc) is 3.55. The van der Waals surface area contributed by atoms with Crippen molar-refractivity contribution in [2.24, 2.45) is 5.73 Å². The summed E-state index contributed by atoms with van der Waals surface area (Å²) in [6.07, 6.45) is 2.97. The van der Waals surface area contributed by atoms with E-state index in [-0.39, 0.29) is 30.6 Å². The molecule has 0 radical (unpaired) electrons. The lowest BCUT2D eigenvalue weighted by atomic mass is 9.96. The van der Waals surface area contributed by atoms with Gasteiger partial charge < -0.3 is 36.2 Å². The second-order valence-corrected chi connectivity index (χ2v) is 14.2. The number of rotatable bonds is 18. The molecule has 3 atom stereocenters. The number of nitrogens with one attached hydrogen (secondary N) is 3. The fourth-order valence-electron chi connectivity index (χ4n) is 5.14. The van der Waals surface area contributed by atoms with Crippen LogP contribution >= 0.6 is 24.0 Å². The van der Waals surface area contributed by atoms with Crippen molar-refractivity contribution in [1.82, 2.24) is 30.7 Å². The van der Waals surface area contributed by atoms with Crippen molar-refractivity contribution < 1.29 is 19.1 Å². The number of amides is 4. The van der Waals surface area contributed by atoms with Gasteiger partial charge in [0.25, 0.3) is 0 Å². The third kappa shape index (κ3) is 14.5. The molecule has 11 nitrogen and oxygen atoms in total. The normalized spacial score (nSPS) is 13.4. The Morgan fingerprint density at radius 2 is 1.49 bits per heavy atom. The number of nitrogens with zero attached hydrogens (tertiary/aromatic N) is 3. The minimum Gasteiger partial charge on any atom is -0.444 e. The van der Waals surface area contributed by atoms with Crippen molar-refractivity contribution >= 4 is 42.0 Å². The molecule has 0 spiro atoms. The molecule has 0 saturated carbocycles. The zero-order valence-corrected chi connectivity index (χ0v) is 30.8. The molecule has 1 aromatic heterocycles. The summed E-state index contributed by atoms with van der Waals surface area (Å²) < 4.78 is 5.31. The van der Waals surface area contributed by atoms with Gasteiger partial charge in [0.15, 0.2) is 0 Å². The number of urea groups is 1. The molecular weight excluding hydrogens is 659 g/mol. The maximum absolute atomic E-state index is 13.9. The van der Waals surface area contributed by atoms with Crippen LogP contribution in [0.2, 0.25) is 0 Å². The van der Waals surface area contributed by atoms with Gasteiger partial charge in [0, 0.05) is 48.1 Å². The summed E-state index contributed by atoms with van der Waals surface area (Å²) in [5, 5.41) is 12.1. The first kappa shape index (κ1) is 39.4. The molecule has 1 unspecified atom stereocenters. The quantitative estimate of drug-likeness (QED) is 0.118. The van der Waals surface area contributed by atoms with E-state index in [4.69, 9.17) is 10.5 Å². The highest BCUT2D eigenvalue weighted by molar-refractivity contribution is 7.84. The van der Waals surface area contributed by atoms with E-state index in [0.717, 1.165) is 21.8 Å². The fraction of sp³-hybridized carbons (Fsp3) is 0.444. The standard InChI is InChI=1S/C36H51N7O4S2/c1-25(2)34-39-30(24-49-34)21-43(5)35(45)41-32(22-42(3)4)33(44)38-28(18-26-12-8-6-9-13-26)16-17-29(19-27-14-10-7-11-15-27)40-36(46)47-23-31(48)20-37/h6-15,20,24-25,28-29,32,48H,16-19,21-23,37H2,1-5H3,(H,38,44)(H,40,46)(H,41,45)/b31-20-/t28-,29-,32?/m1/s1. The number of carbonyl (C=O) groups excluding carboxylic acids is 3. The molecule has 0 saturated heterocycles. The van der Waals surface area contributed by atoms with Crippen LogP contribution in [0.3, 0.4) is 0 Å². The molecule has 3 rings (SSSR count).